The number of nitrogens with zero attached hydrogens (tertiary/aromatic N) is 1. The van der Waals surface area contributed by atoms with E-state index < -0.39 is 5.54 Å². The standard InChI is InChI=1S/C16H31N3O/c1-15(2)8-11-19(12-9-15)10-6-13-5-4-7-16(13,18-3)14(17)20/h13,18H,4-12H2,1-3H3,(H2,17,20). The van der Waals surface area contributed by atoms with Gasteiger partial charge >= 0.3 is 0 Å². The van der Waals surface area contributed by atoms with Gasteiger partial charge in [-0.3, -0.25) is 4.79 Å². The lowest BCUT2D eigenvalue weighted by Crippen LogP contribution is -2.57. The van der Waals surface area contributed by atoms with E-state index in [0.29, 0.717) is 11.3 Å². The normalized spacial score (nSPS) is 34.2. The maximum atomic E-state index is 11.8. The van der Waals surface area contributed by atoms with E-state index in [0.717, 1.165) is 32.2 Å². The molecule has 2 unspecified atom stereocenters. The molecule has 2 fully saturated rings. The van der Waals surface area contributed by atoms with Crippen LogP contribution in [0.25, 0.3) is 0 Å². The van der Waals surface area contributed by atoms with Crippen molar-refractivity contribution in [3.63, 3.8) is 0 Å². The van der Waals surface area contributed by atoms with Gasteiger partial charge in [0.25, 0.3) is 0 Å². The molecular weight excluding hydrogens is 250 g/mol. The van der Waals surface area contributed by atoms with Gasteiger partial charge in [-0.1, -0.05) is 20.3 Å². The van der Waals surface area contributed by atoms with Crippen LogP contribution in [0.1, 0.15) is 52.4 Å². The van der Waals surface area contributed by atoms with Gasteiger partial charge in [-0.05, 0) is 70.1 Å². The van der Waals surface area contributed by atoms with Crippen molar-refractivity contribution in [2.45, 2.75) is 57.9 Å². The van der Waals surface area contributed by atoms with E-state index in [1.165, 1.54) is 25.9 Å². The third-order valence-corrected chi connectivity index (χ3v) is 5.71. The summed E-state index contributed by atoms with van der Waals surface area (Å²) in [6.07, 6.45) is 6.79. The molecule has 4 heteroatoms. The lowest BCUT2D eigenvalue weighted by atomic mass is 9.81. The maximum Gasteiger partial charge on any atom is 0.238 e. The number of carbonyl (C=O) groups is 1. The number of rotatable bonds is 5. The van der Waals surface area contributed by atoms with Gasteiger partial charge in [0, 0.05) is 0 Å². The van der Waals surface area contributed by atoms with Crippen LogP contribution < -0.4 is 11.1 Å². The van der Waals surface area contributed by atoms with Gasteiger partial charge in [-0.25, -0.2) is 0 Å². The molecule has 116 valence electrons. The number of nitrogens with two attached hydrogens (primary N) is 1. The van der Waals surface area contributed by atoms with Crippen molar-refractivity contribution in [3.8, 4) is 0 Å². The quantitative estimate of drug-likeness (QED) is 0.807. The molecule has 1 saturated carbocycles. The Kier molecular flexibility index (Phi) is 4.75. The molecule has 1 aliphatic carbocycles. The van der Waals surface area contributed by atoms with Crippen molar-refractivity contribution in [1.82, 2.24) is 10.2 Å². The highest BCUT2D eigenvalue weighted by Crippen LogP contribution is 2.38. The van der Waals surface area contributed by atoms with Crippen molar-refractivity contribution < 1.29 is 4.79 Å². The number of piperidine rings is 1. The van der Waals surface area contributed by atoms with Crippen LogP contribution in [0.5, 0.6) is 0 Å². The number of likely N-dealkylation sites (tertiary alicyclic amines) is 1. The molecule has 2 aliphatic rings. The Bertz CT molecular complexity index is 346. The Morgan fingerprint density at radius 3 is 2.50 bits per heavy atom. The molecule has 0 radical (unpaired) electrons. The molecule has 1 amide bonds. The number of primary amides is 1. The molecule has 1 aliphatic heterocycles. The summed E-state index contributed by atoms with van der Waals surface area (Å²) >= 11 is 0. The first-order valence-corrected chi connectivity index (χ1v) is 8.11. The number of hydrogen-bond donors (Lipinski definition) is 2. The number of nitrogens with one attached hydrogen (secondary N) is 1. The summed E-state index contributed by atoms with van der Waals surface area (Å²) in [6.45, 7) is 8.23. The van der Waals surface area contributed by atoms with Crippen LogP contribution in [0.4, 0.5) is 0 Å². The predicted molar refractivity (Wildman–Crippen MR) is 82.4 cm³/mol. The van der Waals surface area contributed by atoms with Gasteiger partial charge in [-0.15, -0.1) is 0 Å². The van der Waals surface area contributed by atoms with Gasteiger partial charge in [0.15, 0.2) is 0 Å². The molecule has 0 aromatic heterocycles. The molecule has 2 rings (SSSR count). The van der Waals surface area contributed by atoms with Gasteiger partial charge in [0.05, 0.1) is 0 Å². The second-order valence-electron chi connectivity index (χ2n) is 7.47. The fraction of sp³-hybridized carbons (Fsp3) is 0.938. The van der Waals surface area contributed by atoms with Gasteiger partial charge in [0.1, 0.15) is 5.54 Å². The minimum atomic E-state index is -0.449. The monoisotopic (exact) mass is 281 g/mol. The number of carbonyl (C=O) groups excluding carboxylic acids is 1. The molecule has 20 heavy (non-hydrogen) atoms. The summed E-state index contributed by atoms with van der Waals surface area (Å²) < 4.78 is 0. The smallest absolute Gasteiger partial charge is 0.238 e. The topological polar surface area (TPSA) is 58.4 Å². The molecule has 2 atom stereocenters. The molecule has 0 aromatic carbocycles. The summed E-state index contributed by atoms with van der Waals surface area (Å²) in [7, 11) is 1.88. The fourth-order valence-corrected chi connectivity index (χ4v) is 3.97. The summed E-state index contributed by atoms with van der Waals surface area (Å²) in [4.78, 5) is 14.4. The molecular formula is C16H31N3O. The molecule has 0 aromatic rings. The molecule has 4 nitrogen and oxygen atoms in total. The van der Waals surface area contributed by atoms with Crippen LogP contribution in [0.15, 0.2) is 0 Å². The first-order chi connectivity index (χ1) is 9.39. The van der Waals surface area contributed by atoms with Crippen LogP contribution in [0.3, 0.4) is 0 Å². The molecule has 0 spiro atoms. The largest absolute Gasteiger partial charge is 0.368 e. The summed E-state index contributed by atoms with van der Waals surface area (Å²) in [5.41, 5.74) is 5.72. The third kappa shape index (κ3) is 3.17. The predicted octanol–water partition coefficient (Wildman–Crippen LogP) is 1.74. The van der Waals surface area contributed by atoms with Crippen LogP contribution >= 0.6 is 0 Å². The second kappa shape index (κ2) is 6.02. The van der Waals surface area contributed by atoms with E-state index in [1.54, 1.807) is 0 Å². The van der Waals surface area contributed by atoms with Crippen molar-refractivity contribution in [2.24, 2.45) is 17.1 Å². The first-order valence-electron chi connectivity index (χ1n) is 8.11. The van der Waals surface area contributed by atoms with Gasteiger partial charge < -0.3 is 16.0 Å². The zero-order valence-electron chi connectivity index (χ0n) is 13.4. The van der Waals surface area contributed by atoms with E-state index in [9.17, 15) is 4.79 Å². The Balaban J connectivity index is 1.86. The second-order valence-corrected chi connectivity index (χ2v) is 7.47. The van der Waals surface area contributed by atoms with Crippen molar-refractivity contribution in [1.29, 1.82) is 0 Å². The zero-order chi connectivity index (χ0) is 14.8. The number of hydrogen-bond acceptors (Lipinski definition) is 3. The molecule has 3 N–H and O–H groups in total. The van der Waals surface area contributed by atoms with Crippen molar-refractivity contribution in [2.75, 3.05) is 26.7 Å². The van der Waals surface area contributed by atoms with Gasteiger partial charge in [-0.2, -0.15) is 0 Å². The van der Waals surface area contributed by atoms with Crippen molar-refractivity contribution >= 4 is 5.91 Å². The summed E-state index contributed by atoms with van der Waals surface area (Å²) in [6, 6.07) is 0. The number of amides is 1. The zero-order valence-corrected chi connectivity index (χ0v) is 13.4. The van der Waals surface area contributed by atoms with Crippen LogP contribution in [0.2, 0.25) is 0 Å². The molecule has 1 saturated heterocycles. The summed E-state index contributed by atoms with van der Waals surface area (Å²) in [5.74, 6) is 0.238. The minimum absolute atomic E-state index is 0.165. The molecule has 1 heterocycles. The fourth-order valence-electron chi connectivity index (χ4n) is 3.97. The SMILES string of the molecule is CNC1(C(N)=O)CCCC1CCN1CCC(C)(C)CC1. The highest BCUT2D eigenvalue weighted by Gasteiger charge is 2.46. The van der Waals surface area contributed by atoms with Crippen LogP contribution in [0, 0.1) is 11.3 Å². The lowest BCUT2D eigenvalue weighted by molar-refractivity contribution is -0.125. The van der Waals surface area contributed by atoms with Crippen LogP contribution in [-0.4, -0.2) is 43.0 Å². The van der Waals surface area contributed by atoms with E-state index in [4.69, 9.17) is 5.73 Å². The van der Waals surface area contributed by atoms with E-state index in [1.807, 2.05) is 7.05 Å². The Morgan fingerprint density at radius 1 is 1.30 bits per heavy atom. The van der Waals surface area contributed by atoms with E-state index in [2.05, 4.69) is 24.1 Å². The third-order valence-electron chi connectivity index (χ3n) is 5.71. The summed E-state index contributed by atoms with van der Waals surface area (Å²) in [5, 5.41) is 3.23. The average Bonchev–Trinajstić information content (AvgIpc) is 2.81. The Morgan fingerprint density at radius 2 is 1.95 bits per heavy atom. The Hall–Kier alpha value is -0.610. The highest BCUT2D eigenvalue weighted by molar-refractivity contribution is 5.85. The lowest BCUT2D eigenvalue weighted by Gasteiger charge is -2.38. The first kappa shape index (κ1) is 15.8. The van der Waals surface area contributed by atoms with Crippen LogP contribution in [-0.2, 0) is 4.79 Å². The molecule has 0 bridgehead atoms. The minimum Gasteiger partial charge on any atom is -0.368 e. The van der Waals surface area contributed by atoms with Crippen molar-refractivity contribution in [3.05, 3.63) is 0 Å². The van der Waals surface area contributed by atoms with E-state index >= 15 is 0 Å². The Labute approximate surface area is 123 Å². The van der Waals surface area contributed by atoms with Gasteiger partial charge in [0.2, 0.25) is 5.91 Å². The average molecular weight is 281 g/mol. The maximum absolute atomic E-state index is 11.8. The highest BCUT2D eigenvalue weighted by atomic mass is 16.1. The van der Waals surface area contributed by atoms with E-state index in [-0.39, 0.29) is 5.91 Å². The number of likely N-dealkylation sites (N-methyl/N-ethyl adjacent to an activating group) is 1.